The summed E-state index contributed by atoms with van der Waals surface area (Å²) in [7, 11) is 1.64. The van der Waals surface area contributed by atoms with Crippen LogP contribution in [0.5, 0.6) is 5.75 Å². The molecule has 21 heavy (non-hydrogen) atoms. The predicted octanol–water partition coefficient (Wildman–Crippen LogP) is 2.36. The molecule has 1 heterocycles. The summed E-state index contributed by atoms with van der Waals surface area (Å²) in [6.07, 6.45) is -0.297. The average Bonchev–Trinajstić information content (AvgIpc) is 2.79. The smallest absolute Gasteiger partial charge is 0.410 e. The Morgan fingerprint density at radius 3 is 2.38 bits per heavy atom. The maximum absolute atomic E-state index is 12.1. The zero-order valence-electron chi connectivity index (χ0n) is 13.1. The minimum absolute atomic E-state index is 0.0779. The molecule has 1 aliphatic rings. The van der Waals surface area contributed by atoms with Crippen LogP contribution in [0, 0.1) is 0 Å². The standard InChI is InChI=1S/C16H24N2O3/c1-16(2,3)21-15(19)18-9-13(14(17)10-18)11-5-7-12(20-4)8-6-11/h5-8,13-14H,9-10,17H2,1-4H3/t13-,14-/m0/s1. The molecule has 1 aromatic carbocycles. The molecular weight excluding hydrogens is 268 g/mol. The Bertz CT molecular complexity index is 493. The Labute approximate surface area is 126 Å². The zero-order valence-corrected chi connectivity index (χ0v) is 13.1. The number of likely N-dealkylation sites (tertiary alicyclic amines) is 1. The molecule has 0 spiro atoms. The van der Waals surface area contributed by atoms with Crippen LogP contribution in [0.2, 0.25) is 0 Å². The maximum Gasteiger partial charge on any atom is 0.410 e. The van der Waals surface area contributed by atoms with Gasteiger partial charge in [-0.3, -0.25) is 0 Å². The van der Waals surface area contributed by atoms with Crippen molar-refractivity contribution in [2.24, 2.45) is 5.73 Å². The van der Waals surface area contributed by atoms with Crippen LogP contribution in [-0.4, -0.2) is 42.8 Å². The Balaban J connectivity index is 2.05. The van der Waals surface area contributed by atoms with Gasteiger partial charge in [0.2, 0.25) is 0 Å². The van der Waals surface area contributed by atoms with Gasteiger partial charge in [0.1, 0.15) is 11.4 Å². The van der Waals surface area contributed by atoms with Crippen molar-refractivity contribution >= 4 is 6.09 Å². The monoisotopic (exact) mass is 292 g/mol. The number of amides is 1. The van der Waals surface area contributed by atoms with Crippen molar-refractivity contribution in [3.05, 3.63) is 29.8 Å². The van der Waals surface area contributed by atoms with Gasteiger partial charge in [-0.25, -0.2) is 4.79 Å². The van der Waals surface area contributed by atoms with E-state index < -0.39 is 5.60 Å². The van der Waals surface area contributed by atoms with Crippen LogP contribution in [0.15, 0.2) is 24.3 Å². The SMILES string of the molecule is COc1ccc([C@@H]2CN(C(=O)OC(C)(C)C)C[C@@H]2N)cc1. The summed E-state index contributed by atoms with van der Waals surface area (Å²) in [4.78, 5) is 13.8. The van der Waals surface area contributed by atoms with E-state index in [1.165, 1.54) is 0 Å². The lowest BCUT2D eigenvalue weighted by molar-refractivity contribution is 0.0290. The van der Waals surface area contributed by atoms with Gasteiger partial charge in [0, 0.05) is 25.0 Å². The number of hydrogen-bond acceptors (Lipinski definition) is 4. The molecule has 2 N–H and O–H groups in total. The van der Waals surface area contributed by atoms with E-state index in [4.69, 9.17) is 15.2 Å². The number of rotatable bonds is 2. The fraction of sp³-hybridized carbons (Fsp3) is 0.562. The van der Waals surface area contributed by atoms with Gasteiger partial charge in [-0.2, -0.15) is 0 Å². The number of nitrogens with zero attached hydrogens (tertiary/aromatic N) is 1. The molecule has 1 amide bonds. The second-order valence-electron chi connectivity index (χ2n) is 6.43. The molecule has 0 unspecified atom stereocenters. The van der Waals surface area contributed by atoms with E-state index in [9.17, 15) is 4.79 Å². The van der Waals surface area contributed by atoms with Crippen molar-refractivity contribution < 1.29 is 14.3 Å². The van der Waals surface area contributed by atoms with Crippen LogP contribution >= 0.6 is 0 Å². The van der Waals surface area contributed by atoms with Crippen LogP contribution in [0.25, 0.3) is 0 Å². The first-order valence-electron chi connectivity index (χ1n) is 7.17. The number of carbonyl (C=O) groups is 1. The number of carbonyl (C=O) groups excluding carboxylic acids is 1. The van der Waals surface area contributed by atoms with Crippen molar-refractivity contribution in [1.82, 2.24) is 4.90 Å². The molecule has 1 saturated heterocycles. The van der Waals surface area contributed by atoms with Gasteiger partial charge in [-0.15, -0.1) is 0 Å². The molecule has 5 nitrogen and oxygen atoms in total. The van der Waals surface area contributed by atoms with E-state index in [1.807, 2.05) is 45.0 Å². The van der Waals surface area contributed by atoms with Crippen molar-refractivity contribution in [1.29, 1.82) is 0 Å². The zero-order chi connectivity index (χ0) is 15.6. The molecule has 0 bridgehead atoms. The van der Waals surface area contributed by atoms with Crippen LogP contribution < -0.4 is 10.5 Å². The molecule has 0 aromatic heterocycles. The molecule has 116 valence electrons. The van der Waals surface area contributed by atoms with Crippen molar-refractivity contribution in [3.8, 4) is 5.75 Å². The summed E-state index contributed by atoms with van der Waals surface area (Å²) < 4.78 is 10.6. The number of hydrogen-bond donors (Lipinski definition) is 1. The van der Waals surface area contributed by atoms with E-state index in [1.54, 1.807) is 12.0 Å². The molecule has 0 radical (unpaired) electrons. The highest BCUT2D eigenvalue weighted by Crippen LogP contribution is 2.28. The quantitative estimate of drug-likeness (QED) is 0.909. The Morgan fingerprint density at radius 1 is 1.24 bits per heavy atom. The first kappa shape index (κ1) is 15.6. The van der Waals surface area contributed by atoms with Crippen molar-refractivity contribution in [2.75, 3.05) is 20.2 Å². The maximum atomic E-state index is 12.1. The summed E-state index contributed by atoms with van der Waals surface area (Å²) in [6, 6.07) is 7.76. The van der Waals surface area contributed by atoms with E-state index in [0.717, 1.165) is 11.3 Å². The van der Waals surface area contributed by atoms with Crippen LogP contribution in [-0.2, 0) is 4.74 Å². The largest absolute Gasteiger partial charge is 0.497 e. The van der Waals surface area contributed by atoms with Gasteiger partial charge in [0.15, 0.2) is 0 Å². The third kappa shape index (κ3) is 3.88. The lowest BCUT2D eigenvalue weighted by atomic mass is 9.95. The minimum Gasteiger partial charge on any atom is -0.497 e. The van der Waals surface area contributed by atoms with Crippen molar-refractivity contribution in [2.45, 2.75) is 38.3 Å². The normalized spacial score (nSPS) is 22.2. The number of nitrogens with two attached hydrogens (primary N) is 1. The van der Waals surface area contributed by atoms with Crippen LogP contribution in [0.1, 0.15) is 32.3 Å². The minimum atomic E-state index is -0.487. The third-order valence-electron chi connectivity index (χ3n) is 3.56. The second kappa shape index (κ2) is 5.93. The van der Waals surface area contributed by atoms with Crippen molar-refractivity contribution in [3.63, 3.8) is 0 Å². The van der Waals surface area contributed by atoms with Crippen LogP contribution in [0.4, 0.5) is 4.79 Å². The molecule has 1 aromatic rings. The van der Waals surface area contributed by atoms with E-state index in [2.05, 4.69) is 0 Å². The number of methoxy groups -OCH3 is 1. The molecule has 2 rings (SSSR count). The highest BCUT2D eigenvalue weighted by atomic mass is 16.6. The fourth-order valence-electron chi connectivity index (χ4n) is 2.51. The topological polar surface area (TPSA) is 64.8 Å². The molecule has 1 fully saturated rings. The molecule has 1 aliphatic heterocycles. The summed E-state index contributed by atoms with van der Waals surface area (Å²) in [5, 5.41) is 0. The molecular formula is C16H24N2O3. The first-order valence-corrected chi connectivity index (χ1v) is 7.17. The highest BCUT2D eigenvalue weighted by molar-refractivity contribution is 5.69. The summed E-state index contributed by atoms with van der Waals surface area (Å²) in [5.74, 6) is 0.942. The molecule has 0 aliphatic carbocycles. The lowest BCUT2D eigenvalue weighted by Gasteiger charge is -2.24. The van der Waals surface area contributed by atoms with Gasteiger partial charge in [0.05, 0.1) is 7.11 Å². The first-order chi connectivity index (χ1) is 9.80. The van der Waals surface area contributed by atoms with E-state index in [0.29, 0.717) is 13.1 Å². The van der Waals surface area contributed by atoms with Crippen LogP contribution in [0.3, 0.4) is 0 Å². The van der Waals surface area contributed by atoms with Gasteiger partial charge >= 0.3 is 6.09 Å². The highest BCUT2D eigenvalue weighted by Gasteiger charge is 2.35. The summed E-state index contributed by atoms with van der Waals surface area (Å²) in [6.45, 7) is 6.69. The Kier molecular flexibility index (Phi) is 4.42. The Morgan fingerprint density at radius 2 is 1.86 bits per heavy atom. The average molecular weight is 292 g/mol. The predicted molar refractivity (Wildman–Crippen MR) is 81.5 cm³/mol. The second-order valence-corrected chi connectivity index (χ2v) is 6.43. The van der Waals surface area contributed by atoms with Gasteiger partial charge in [-0.05, 0) is 38.5 Å². The van der Waals surface area contributed by atoms with Gasteiger partial charge in [0.25, 0.3) is 0 Å². The van der Waals surface area contributed by atoms with E-state index >= 15 is 0 Å². The summed E-state index contributed by atoms with van der Waals surface area (Å²) in [5.41, 5.74) is 6.83. The lowest BCUT2D eigenvalue weighted by Crippen LogP contribution is -2.36. The summed E-state index contributed by atoms with van der Waals surface area (Å²) >= 11 is 0. The van der Waals surface area contributed by atoms with Gasteiger partial charge < -0.3 is 20.1 Å². The van der Waals surface area contributed by atoms with Gasteiger partial charge in [-0.1, -0.05) is 12.1 Å². The van der Waals surface area contributed by atoms with E-state index in [-0.39, 0.29) is 18.1 Å². The fourth-order valence-corrected chi connectivity index (χ4v) is 2.51. The number of benzene rings is 1. The molecule has 5 heteroatoms. The molecule has 2 atom stereocenters. The Hall–Kier alpha value is -1.75. The molecule has 0 saturated carbocycles. The number of ether oxygens (including phenoxy) is 2. The third-order valence-corrected chi connectivity index (χ3v) is 3.56.